The number of carbonyl (C=O) groups excluding carboxylic acids is 2. The molecule has 0 saturated carbocycles. The van der Waals surface area contributed by atoms with Gasteiger partial charge < -0.3 is 20.1 Å². The molecule has 2 N–H and O–H groups in total. The third-order valence-corrected chi connectivity index (χ3v) is 5.18. The molecule has 0 saturated heterocycles. The van der Waals surface area contributed by atoms with Crippen molar-refractivity contribution in [1.29, 1.82) is 0 Å². The number of hydrogen-bond acceptors (Lipinski definition) is 4. The van der Waals surface area contributed by atoms with Gasteiger partial charge in [0.1, 0.15) is 17.2 Å². The highest BCUT2D eigenvalue weighted by atomic mass is 16.5. The molecule has 2 amide bonds. The van der Waals surface area contributed by atoms with E-state index >= 15 is 0 Å². The molecule has 0 aliphatic rings. The number of rotatable bonds is 8. The smallest absolute Gasteiger partial charge is 0.257 e. The topological polar surface area (TPSA) is 76.7 Å². The average Bonchev–Trinajstić information content (AvgIpc) is 2.87. The van der Waals surface area contributed by atoms with E-state index in [-0.39, 0.29) is 11.8 Å². The minimum absolute atomic E-state index is 0.273. The van der Waals surface area contributed by atoms with Crippen LogP contribution in [0.25, 0.3) is 0 Å². The van der Waals surface area contributed by atoms with Gasteiger partial charge in [0.15, 0.2) is 0 Å². The van der Waals surface area contributed by atoms with E-state index in [1.807, 2.05) is 50.2 Å². The van der Waals surface area contributed by atoms with Crippen LogP contribution in [0.15, 0.2) is 97.1 Å². The number of anilines is 2. The van der Waals surface area contributed by atoms with E-state index in [4.69, 9.17) is 9.47 Å². The summed E-state index contributed by atoms with van der Waals surface area (Å²) in [5.41, 5.74) is 2.92. The lowest BCUT2D eigenvalue weighted by Crippen LogP contribution is -2.18. The van der Waals surface area contributed by atoms with Gasteiger partial charge in [-0.3, -0.25) is 9.59 Å². The normalized spacial score (nSPS) is 10.3. The first-order valence-electron chi connectivity index (χ1n) is 11.3. The van der Waals surface area contributed by atoms with E-state index in [9.17, 15) is 9.59 Å². The Morgan fingerprint density at radius 2 is 1.37 bits per heavy atom. The molecule has 0 aliphatic carbocycles. The molecule has 176 valence electrons. The summed E-state index contributed by atoms with van der Waals surface area (Å²) in [5, 5.41) is 5.71. The molecule has 6 heteroatoms. The third-order valence-electron chi connectivity index (χ3n) is 5.18. The lowest BCUT2D eigenvalue weighted by Gasteiger charge is -2.12. The predicted octanol–water partition coefficient (Wildman–Crippen LogP) is 6.69. The van der Waals surface area contributed by atoms with Gasteiger partial charge in [0.2, 0.25) is 0 Å². The van der Waals surface area contributed by atoms with Crippen LogP contribution in [0.1, 0.15) is 33.2 Å². The van der Waals surface area contributed by atoms with Gasteiger partial charge in [-0.1, -0.05) is 29.8 Å². The number of para-hydroxylation sites is 1. The minimum atomic E-state index is -0.328. The predicted molar refractivity (Wildman–Crippen MR) is 138 cm³/mol. The van der Waals surface area contributed by atoms with Crippen LogP contribution in [0.2, 0.25) is 0 Å². The van der Waals surface area contributed by atoms with Crippen molar-refractivity contribution in [3.05, 3.63) is 114 Å². The molecule has 0 aliphatic heterocycles. The van der Waals surface area contributed by atoms with Crippen LogP contribution in [0, 0.1) is 6.92 Å². The molecule has 0 unspecified atom stereocenters. The van der Waals surface area contributed by atoms with E-state index in [1.165, 1.54) is 0 Å². The Morgan fingerprint density at radius 3 is 2.06 bits per heavy atom. The zero-order valence-corrected chi connectivity index (χ0v) is 19.6. The molecule has 0 spiro atoms. The number of aryl methyl sites for hydroxylation is 1. The second kappa shape index (κ2) is 11.0. The molecule has 6 nitrogen and oxygen atoms in total. The first-order valence-corrected chi connectivity index (χ1v) is 11.3. The molecule has 0 atom stereocenters. The van der Waals surface area contributed by atoms with Gasteiger partial charge in [0.05, 0.1) is 17.9 Å². The van der Waals surface area contributed by atoms with Crippen LogP contribution in [0.4, 0.5) is 11.4 Å². The van der Waals surface area contributed by atoms with Crippen molar-refractivity contribution in [2.24, 2.45) is 0 Å². The van der Waals surface area contributed by atoms with E-state index in [0.29, 0.717) is 40.6 Å². The lowest BCUT2D eigenvalue weighted by molar-refractivity contribution is 0.102. The first kappa shape index (κ1) is 23.6. The lowest BCUT2D eigenvalue weighted by atomic mass is 10.1. The Kier molecular flexibility index (Phi) is 7.43. The Morgan fingerprint density at radius 1 is 0.714 bits per heavy atom. The largest absolute Gasteiger partial charge is 0.494 e. The van der Waals surface area contributed by atoms with Crippen molar-refractivity contribution in [2.75, 3.05) is 17.2 Å². The average molecular weight is 467 g/mol. The molecular weight excluding hydrogens is 440 g/mol. The quantitative estimate of drug-likeness (QED) is 0.303. The van der Waals surface area contributed by atoms with Crippen LogP contribution in [0.3, 0.4) is 0 Å². The summed E-state index contributed by atoms with van der Waals surface area (Å²) in [7, 11) is 0. The highest BCUT2D eigenvalue weighted by Gasteiger charge is 2.14. The van der Waals surface area contributed by atoms with Crippen molar-refractivity contribution in [3.63, 3.8) is 0 Å². The first-order chi connectivity index (χ1) is 17.0. The van der Waals surface area contributed by atoms with Crippen molar-refractivity contribution in [2.45, 2.75) is 13.8 Å². The number of ether oxygens (including phenoxy) is 2. The molecule has 4 aromatic rings. The summed E-state index contributed by atoms with van der Waals surface area (Å²) in [6, 6.07) is 28.6. The third kappa shape index (κ3) is 6.26. The Hall–Kier alpha value is -4.58. The maximum Gasteiger partial charge on any atom is 0.257 e. The zero-order chi connectivity index (χ0) is 24.6. The van der Waals surface area contributed by atoms with Crippen LogP contribution < -0.4 is 20.1 Å². The van der Waals surface area contributed by atoms with Gasteiger partial charge >= 0.3 is 0 Å². The van der Waals surface area contributed by atoms with Gasteiger partial charge in [0, 0.05) is 11.3 Å². The van der Waals surface area contributed by atoms with Crippen LogP contribution >= 0.6 is 0 Å². The van der Waals surface area contributed by atoms with Crippen LogP contribution in [0.5, 0.6) is 17.2 Å². The van der Waals surface area contributed by atoms with Gasteiger partial charge in [-0.05, 0) is 86.6 Å². The van der Waals surface area contributed by atoms with E-state index in [2.05, 4.69) is 10.6 Å². The standard InChI is InChI=1S/C29H26N2O4/c1-3-34-23-15-17-25(18-16-23)35-24-13-11-22(12-14-24)30-29(33)26-9-4-5-10-27(26)31-28(32)21-8-6-7-20(2)19-21/h4-19H,3H2,1-2H3,(H,30,33)(H,31,32). The molecule has 35 heavy (non-hydrogen) atoms. The number of hydrogen-bond donors (Lipinski definition) is 2. The molecule has 0 radical (unpaired) electrons. The fraction of sp³-hybridized carbons (Fsp3) is 0.103. The molecule has 0 heterocycles. The maximum atomic E-state index is 13.0. The van der Waals surface area contributed by atoms with Gasteiger partial charge in [-0.15, -0.1) is 0 Å². The number of benzene rings is 4. The Balaban J connectivity index is 1.41. The Labute approximate surface area is 204 Å². The SMILES string of the molecule is CCOc1ccc(Oc2ccc(NC(=O)c3ccccc3NC(=O)c3cccc(C)c3)cc2)cc1. The highest BCUT2D eigenvalue weighted by Crippen LogP contribution is 2.26. The molecule has 4 rings (SSSR count). The summed E-state index contributed by atoms with van der Waals surface area (Å²) < 4.78 is 11.3. The van der Waals surface area contributed by atoms with E-state index < -0.39 is 0 Å². The molecule has 0 bridgehead atoms. The Bertz CT molecular complexity index is 1320. The summed E-state index contributed by atoms with van der Waals surface area (Å²) in [6.07, 6.45) is 0. The minimum Gasteiger partial charge on any atom is -0.494 e. The van der Waals surface area contributed by atoms with Crippen molar-refractivity contribution < 1.29 is 19.1 Å². The fourth-order valence-corrected chi connectivity index (χ4v) is 3.48. The number of carbonyl (C=O) groups is 2. The van der Waals surface area contributed by atoms with E-state index in [0.717, 1.165) is 11.3 Å². The second-order valence-corrected chi connectivity index (χ2v) is 7.85. The summed E-state index contributed by atoms with van der Waals surface area (Å²) in [5.74, 6) is 1.50. The van der Waals surface area contributed by atoms with E-state index in [1.54, 1.807) is 60.7 Å². The van der Waals surface area contributed by atoms with Gasteiger partial charge in [-0.2, -0.15) is 0 Å². The zero-order valence-electron chi connectivity index (χ0n) is 19.6. The summed E-state index contributed by atoms with van der Waals surface area (Å²) in [6.45, 7) is 4.47. The molecule has 0 aromatic heterocycles. The van der Waals surface area contributed by atoms with Crippen LogP contribution in [-0.2, 0) is 0 Å². The summed E-state index contributed by atoms with van der Waals surface area (Å²) in [4.78, 5) is 25.6. The number of amides is 2. The summed E-state index contributed by atoms with van der Waals surface area (Å²) >= 11 is 0. The number of nitrogens with one attached hydrogen (secondary N) is 2. The fourth-order valence-electron chi connectivity index (χ4n) is 3.48. The monoisotopic (exact) mass is 466 g/mol. The second-order valence-electron chi connectivity index (χ2n) is 7.85. The van der Waals surface area contributed by atoms with Gasteiger partial charge in [0.25, 0.3) is 11.8 Å². The maximum absolute atomic E-state index is 13.0. The highest BCUT2D eigenvalue weighted by molar-refractivity contribution is 6.12. The van der Waals surface area contributed by atoms with Crippen molar-refractivity contribution in [1.82, 2.24) is 0 Å². The molecule has 4 aromatic carbocycles. The van der Waals surface area contributed by atoms with Crippen molar-refractivity contribution in [3.8, 4) is 17.2 Å². The van der Waals surface area contributed by atoms with Gasteiger partial charge in [-0.25, -0.2) is 0 Å². The van der Waals surface area contributed by atoms with Crippen molar-refractivity contribution >= 4 is 23.2 Å². The van der Waals surface area contributed by atoms with Crippen LogP contribution in [-0.4, -0.2) is 18.4 Å². The molecular formula is C29H26N2O4. The molecule has 0 fully saturated rings.